The lowest BCUT2D eigenvalue weighted by atomic mass is 10.2. The quantitative estimate of drug-likeness (QED) is 0.446. The SMILES string of the molecule is CCC(OB(O)OC)S(=O)(=O)O. The smallest absolute Gasteiger partial charge is 0.402 e. The van der Waals surface area contributed by atoms with E-state index in [0.29, 0.717) is 0 Å². The topological polar surface area (TPSA) is 93.1 Å². The van der Waals surface area contributed by atoms with Crippen molar-refractivity contribution in [2.24, 2.45) is 0 Å². The molecule has 6 nitrogen and oxygen atoms in total. The lowest BCUT2D eigenvalue weighted by Crippen LogP contribution is -2.32. The van der Waals surface area contributed by atoms with Gasteiger partial charge in [0.25, 0.3) is 10.1 Å². The highest BCUT2D eigenvalue weighted by Gasteiger charge is 2.28. The molecule has 0 aromatic heterocycles. The molecule has 0 aliphatic rings. The van der Waals surface area contributed by atoms with Gasteiger partial charge < -0.3 is 14.3 Å². The number of hydrogen-bond donors (Lipinski definition) is 2. The molecule has 0 aliphatic carbocycles. The molecular weight excluding hydrogens is 187 g/mol. The molecule has 0 aromatic carbocycles. The Morgan fingerprint density at radius 1 is 1.58 bits per heavy atom. The van der Waals surface area contributed by atoms with Crippen LogP contribution >= 0.6 is 0 Å². The largest absolute Gasteiger partial charge is 0.637 e. The van der Waals surface area contributed by atoms with E-state index in [1.807, 2.05) is 0 Å². The molecule has 0 amide bonds. The molecule has 72 valence electrons. The first-order valence-corrected chi connectivity index (χ1v) is 4.74. The fourth-order valence-electron chi connectivity index (χ4n) is 0.562. The molecule has 0 saturated heterocycles. The molecule has 12 heavy (non-hydrogen) atoms. The minimum Gasteiger partial charge on any atom is -0.402 e. The highest BCUT2D eigenvalue weighted by Crippen LogP contribution is 2.06. The normalized spacial score (nSPS) is 14.3. The summed E-state index contributed by atoms with van der Waals surface area (Å²) in [6, 6.07) is 0. The molecule has 0 spiro atoms. The molecule has 0 bridgehead atoms. The van der Waals surface area contributed by atoms with Crippen LogP contribution in [0.15, 0.2) is 0 Å². The van der Waals surface area contributed by atoms with E-state index in [0.717, 1.165) is 7.11 Å². The van der Waals surface area contributed by atoms with E-state index in [9.17, 15) is 8.42 Å². The van der Waals surface area contributed by atoms with Gasteiger partial charge in [-0.15, -0.1) is 0 Å². The second-order valence-corrected chi connectivity index (χ2v) is 3.59. The van der Waals surface area contributed by atoms with Crippen molar-refractivity contribution in [2.45, 2.75) is 18.8 Å². The van der Waals surface area contributed by atoms with E-state index in [-0.39, 0.29) is 6.42 Å². The zero-order valence-electron chi connectivity index (χ0n) is 6.80. The van der Waals surface area contributed by atoms with Crippen LogP contribution in [0.1, 0.15) is 13.3 Å². The predicted molar refractivity (Wildman–Crippen MR) is 41.7 cm³/mol. The summed E-state index contributed by atoms with van der Waals surface area (Å²) in [6.07, 6.45) is 0.0270. The van der Waals surface area contributed by atoms with Crippen LogP contribution in [0.25, 0.3) is 0 Å². The van der Waals surface area contributed by atoms with Gasteiger partial charge in [-0.3, -0.25) is 4.55 Å². The molecule has 0 radical (unpaired) electrons. The van der Waals surface area contributed by atoms with E-state index >= 15 is 0 Å². The van der Waals surface area contributed by atoms with Crippen LogP contribution < -0.4 is 0 Å². The molecule has 0 fully saturated rings. The van der Waals surface area contributed by atoms with Gasteiger partial charge in [-0.2, -0.15) is 8.42 Å². The second kappa shape index (κ2) is 4.78. The van der Waals surface area contributed by atoms with Crippen molar-refractivity contribution in [3.63, 3.8) is 0 Å². The van der Waals surface area contributed by atoms with Crippen molar-refractivity contribution < 1.29 is 27.3 Å². The molecule has 0 heterocycles. The lowest BCUT2D eigenvalue weighted by molar-refractivity contribution is 0.133. The molecule has 8 heteroatoms. The van der Waals surface area contributed by atoms with Gasteiger partial charge in [0.15, 0.2) is 5.44 Å². The average molecular weight is 198 g/mol. The van der Waals surface area contributed by atoms with Gasteiger partial charge in [-0.1, -0.05) is 6.92 Å². The van der Waals surface area contributed by atoms with Crippen molar-refractivity contribution >= 4 is 17.4 Å². The molecule has 0 aliphatic heterocycles. The summed E-state index contributed by atoms with van der Waals surface area (Å²) >= 11 is 0. The van der Waals surface area contributed by atoms with Crippen LogP contribution in [0, 0.1) is 0 Å². The molecule has 2 N–H and O–H groups in total. The van der Waals surface area contributed by atoms with Crippen molar-refractivity contribution in [2.75, 3.05) is 7.11 Å². The van der Waals surface area contributed by atoms with Crippen LogP contribution in [0.4, 0.5) is 0 Å². The van der Waals surface area contributed by atoms with Gasteiger partial charge in [0.2, 0.25) is 0 Å². The number of hydrogen-bond acceptors (Lipinski definition) is 5. The van der Waals surface area contributed by atoms with E-state index in [2.05, 4.69) is 9.31 Å². The maximum atomic E-state index is 10.5. The maximum absolute atomic E-state index is 10.5. The average Bonchev–Trinajstić information content (AvgIpc) is 1.97. The van der Waals surface area contributed by atoms with Crippen LogP contribution in [0.3, 0.4) is 0 Å². The Hall–Kier alpha value is -0.145. The van der Waals surface area contributed by atoms with E-state index in [1.54, 1.807) is 0 Å². The van der Waals surface area contributed by atoms with Crippen molar-refractivity contribution in [3.05, 3.63) is 0 Å². The fraction of sp³-hybridized carbons (Fsp3) is 1.00. The summed E-state index contributed by atoms with van der Waals surface area (Å²) < 4.78 is 38.1. The summed E-state index contributed by atoms with van der Waals surface area (Å²) in [7, 11) is -4.78. The Balaban J connectivity index is 4.20. The van der Waals surface area contributed by atoms with E-state index in [1.165, 1.54) is 6.92 Å². The summed E-state index contributed by atoms with van der Waals surface area (Å²) in [4.78, 5) is 0. The first-order chi connectivity index (χ1) is 5.41. The van der Waals surface area contributed by atoms with Gasteiger partial charge >= 0.3 is 7.32 Å². The minimum absolute atomic E-state index is 0.0270. The highest BCUT2D eigenvalue weighted by atomic mass is 32.2. The zero-order chi connectivity index (χ0) is 9.78. The van der Waals surface area contributed by atoms with Crippen molar-refractivity contribution in [1.82, 2.24) is 0 Å². The molecular formula is C4H11BO6S. The molecule has 1 atom stereocenters. The van der Waals surface area contributed by atoms with Gasteiger partial charge in [0.1, 0.15) is 0 Å². The maximum Gasteiger partial charge on any atom is 0.637 e. The predicted octanol–water partition coefficient (Wildman–Crippen LogP) is -0.749. The van der Waals surface area contributed by atoms with Gasteiger partial charge in [0, 0.05) is 7.11 Å². The third kappa shape index (κ3) is 4.03. The van der Waals surface area contributed by atoms with Crippen molar-refractivity contribution in [1.29, 1.82) is 0 Å². The molecule has 0 aromatic rings. The Labute approximate surface area is 71.4 Å². The summed E-state index contributed by atoms with van der Waals surface area (Å²) in [6.45, 7) is 1.49. The Morgan fingerprint density at radius 2 is 2.08 bits per heavy atom. The standard InChI is InChI=1S/C4H11BO6S/c1-3-4(12(7,8)9)11-5(6)10-2/h4,6H,3H2,1-2H3,(H,7,8,9). The molecule has 0 rings (SSSR count). The van der Waals surface area contributed by atoms with Crippen LogP contribution in [0.5, 0.6) is 0 Å². The zero-order valence-corrected chi connectivity index (χ0v) is 7.61. The second-order valence-electron chi connectivity index (χ2n) is 2.03. The summed E-state index contributed by atoms with van der Waals surface area (Å²) in [5, 5.41) is 8.70. The van der Waals surface area contributed by atoms with Crippen LogP contribution in [-0.2, 0) is 19.4 Å². The van der Waals surface area contributed by atoms with Gasteiger partial charge in [-0.05, 0) is 6.42 Å². The third-order valence-corrected chi connectivity index (χ3v) is 2.24. The third-order valence-electron chi connectivity index (χ3n) is 1.14. The Bertz CT molecular complexity index is 214. The monoisotopic (exact) mass is 198 g/mol. The van der Waals surface area contributed by atoms with E-state index < -0.39 is 22.9 Å². The summed E-state index contributed by atoms with van der Waals surface area (Å²) in [5.74, 6) is 0. The molecule has 0 saturated carbocycles. The van der Waals surface area contributed by atoms with Crippen molar-refractivity contribution in [3.8, 4) is 0 Å². The van der Waals surface area contributed by atoms with Crippen LogP contribution in [0.2, 0.25) is 0 Å². The Kier molecular flexibility index (Phi) is 4.72. The van der Waals surface area contributed by atoms with Crippen LogP contribution in [-0.4, -0.2) is 37.9 Å². The Morgan fingerprint density at radius 3 is 2.33 bits per heavy atom. The minimum atomic E-state index is -4.28. The lowest BCUT2D eigenvalue weighted by Gasteiger charge is -2.13. The van der Waals surface area contributed by atoms with Gasteiger partial charge in [-0.25, -0.2) is 0 Å². The van der Waals surface area contributed by atoms with Gasteiger partial charge in [0.05, 0.1) is 0 Å². The first-order valence-electron chi connectivity index (χ1n) is 3.24. The molecule has 1 unspecified atom stereocenters. The highest BCUT2D eigenvalue weighted by molar-refractivity contribution is 7.86. The van der Waals surface area contributed by atoms with E-state index in [4.69, 9.17) is 9.58 Å². The first kappa shape index (κ1) is 11.9. The number of rotatable bonds is 5. The summed E-state index contributed by atoms with van der Waals surface area (Å²) in [5.41, 5.74) is -1.45. The fourth-order valence-corrected chi connectivity index (χ4v) is 1.22.